The molecule has 3 heterocycles. The summed E-state index contributed by atoms with van der Waals surface area (Å²) in [6, 6.07) is 14.3. The molecule has 1 atom stereocenters. The molecular formula is C22H18N2O6. The Morgan fingerprint density at radius 3 is 2.43 bits per heavy atom. The lowest BCUT2D eigenvalue weighted by Gasteiger charge is -2.23. The Kier molecular flexibility index (Phi) is 4.51. The summed E-state index contributed by atoms with van der Waals surface area (Å²) in [7, 11) is 0. The molecule has 152 valence electrons. The topological polar surface area (TPSA) is 88.1 Å². The first kappa shape index (κ1) is 18.1. The maximum absolute atomic E-state index is 11.8. The average Bonchev–Trinajstić information content (AvgIpc) is 3.40. The highest BCUT2D eigenvalue weighted by atomic mass is 16.7. The first-order valence-corrected chi connectivity index (χ1v) is 9.36. The lowest BCUT2D eigenvalue weighted by molar-refractivity contribution is -0.131. The second kappa shape index (κ2) is 7.47. The van der Waals surface area contributed by atoms with Gasteiger partial charge in [-0.15, -0.1) is 0 Å². The molecule has 0 spiro atoms. The third kappa shape index (κ3) is 3.43. The second-order valence-corrected chi connectivity index (χ2v) is 6.74. The summed E-state index contributed by atoms with van der Waals surface area (Å²) in [5, 5.41) is 3.41. The normalized spacial score (nSPS) is 14.3. The number of hydrogen-bond acceptors (Lipinski definition) is 8. The largest absolute Gasteiger partial charge is 0.454 e. The summed E-state index contributed by atoms with van der Waals surface area (Å²) in [6.07, 6.45) is 1.70. The number of ether oxygens (including phenoxy) is 5. The van der Waals surface area contributed by atoms with Crippen LogP contribution in [-0.2, 0) is 4.79 Å². The van der Waals surface area contributed by atoms with Crippen LogP contribution in [0.25, 0.3) is 0 Å². The number of anilines is 1. The predicted octanol–water partition coefficient (Wildman–Crippen LogP) is 3.67. The smallest absolute Gasteiger partial charge is 0.308 e. The van der Waals surface area contributed by atoms with Crippen LogP contribution in [0.15, 0.2) is 54.7 Å². The molecule has 8 nitrogen and oxygen atoms in total. The predicted molar refractivity (Wildman–Crippen MR) is 106 cm³/mol. The van der Waals surface area contributed by atoms with Crippen molar-refractivity contribution >= 4 is 11.8 Å². The van der Waals surface area contributed by atoms with Crippen LogP contribution in [0.4, 0.5) is 5.82 Å². The van der Waals surface area contributed by atoms with E-state index in [0.717, 1.165) is 5.56 Å². The summed E-state index contributed by atoms with van der Waals surface area (Å²) in [5.74, 6) is 3.03. The van der Waals surface area contributed by atoms with E-state index in [2.05, 4.69) is 10.3 Å². The fourth-order valence-corrected chi connectivity index (χ4v) is 3.44. The Morgan fingerprint density at radius 1 is 0.967 bits per heavy atom. The maximum atomic E-state index is 11.8. The standard InChI is InChI=1S/C22H18N2O6/c1-13(25)30-17-10-20-19(28-12-29-20)9-15(17)22(24-21-4-2-3-7-23-21)14-5-6-16-18(8-14)27-11-26-16/h2-10,22H,11-12H2,1H3,(H,23,24). The Morgan fingerprint density at radius 2 is 1.70 bits per heavy atom. The molecule has 8 heteroatoms. The first-order valence-electron chi connectivity index (χ1n) is 9.36. The van der Waals surface area contributed by atoms with Gasteiger partial charge in [0.1, 0.15) is 11.6 Å². The molecule has 0 saturated heterocycles. The molecule has 0 saturated carbocycles. The minimum Gasteiger partial charge on any atom is -0.454 e. The summed E-state index contributed by atoms with van der Waals surface area (Å²) >= 11 is 0. The molecule has 2 aliphatic heterocycles. The zero-order valence-corrected chi connectivity index (χ0v) is 16.1. The molecule has 0 amide bonds. The van der Waals surface area contributed by atoms with E-state index < -0.39 is 12.0 Å². The molecule has 2 aromatic carbocycles. The van der Waals surface area contributed by atoms with Crippen molar-refractivity contribution in [3.05, 3.63) is 65.9 Å². The van der Waals surface area contributed by atoms with Crippen LogP contribution in [0, 0.1) is 0 Å². The van der Waals surface area contributed by atoms with E-state index in [-0.39, 0.29) is 13.6 Å². The van der Waals surface area contributed by atoms with Gasteiger partial charge in [-0.25, -0.2) is 4.98 Å². The van der Waals surface area contributed by atoms with Gasteiger partial charge in [0, 0.05) is 24.8 Å². The van der Waals surface area contributed by atoms with Gasteiger partial charge in [-0.05, 0) is 35.9 Å². The summed E-state index contributed by atoms with van der Waals surface area (Å²) < 4.78 is 27.5. The van der Waals surface area contributed by atoms with Gasteiger partial charge in [0.05, 0.1) is 6.04 Å². The maximum Gasteiger partial charge on any atom is 0.308 e. The third-order valence-electron chi connectivity index (χ3n) is 4.76. The zero-order chi connectivity index (χ0) is 20.5. The number of carbonyl (C=O) groups excluding carboxylic acids is 1. The molecule has 0 radical (unpaired) electrons. The Balaban J connectivity index is 1.63. The van der Waals surface area contributed by atoms with Crippen molar-refractivity contribution in [3.63, 3.8) is 0 Å². The van der Waals surface area contributed by atoms with Crippen molar-refractivity contribution in [2.75, 3.05) is 18.9 Å². The highest BCUT2D eigenvalue weighted by Crippen LogP contribution is 2.44. The van der Waals surface area contributed by atoms with Crippen molar-refractivity contribution in [1.82, 2.24) is 4.98 Å². The van der Waals surface area contributed by atoms with Gasteiger partial charge in [0.2, 0.25) is 13.6 Å². The quantitative estimate of drug-likeness (QED) is 0.507. The number of hydrogen-bond donors (Lipinski definition) is 1. The Labute approximate surface area is 172 Å². The number of esters is 1. The number of fused-ring (bicyclic) bond motifs is 2. The number of nitrogens with zero attached hydrogens (tertiary/aromatic N) is 1. The number of pyridine rings is 1. The van der Waals surface area contributed by atoms with Crippen LogP contribution in [0.3, 0.4) is 0 Å². The number of benzene rings is 2. The summed E-state index contributed by atoms with van der Waals surface area (Å²) in [6.45, 7) is 1.65. The highest BCUT2D eigenvalue weighted by Gasteiger charge is 2.27. The van der Waals surface area contributed by atoms with Gasteiger partial charge in [-0.2, -0.15) is 0 Å². The lowest BCUT2D eigenvalue weighted by atomic mass is 9.96. The average molecular weight is 406 g/mol. The van der Waals surface area contributed by atoms with Crippen molar-refractivity contribution in [2.24, 2.45) is 0 Å². The number of rotatable bonds is 5. The van der Waals surface area contributed by atoms with E-state index in [1.54, 1.807) is 12.3 Å². The van der Waals surface area contributed by atoms with Crippen LogP contribution in [0.1, 0.15) is 24.1 Å². The van der Waals surface area contributed by atoms with Gasteiger partial charge in [0.15, 0.2) is 23.0 Å². The molecule has 1 N–H and O–H groups in total. The number of carbonyl (C=O) groups is 1. The van der Waals surface area contributed by atoms with Crippen LogP contribution in [0.5, 0.6) is 28.7 Å². The molecule has 0 fully saturated rings. The molecule has 5 rings (SSSR count). The molecule has 1 unspecified atom stereocenters. The number of aromatic nitrogens is 1. The van der Waals surface area contributed by atoms with E-state index in [0.29, 0.717) is 40.1 Å². The van der Waals surface area contributed by atoms with Gasteiger partial charge < -0.3 is 29.0 Å². The molecule has 2 aliphatic rings. The summed E-state index contributed by atoms with van der Waals surface area (Å²) in [4.78, 5) is 16.1. The van der Waals surface area contributed by atoms with Crippen LogP contribution in [0.2, 0.25) is 0 Å². The molecule has 30 heavy (non-hydrogen) atoms. The zero-order valence-electron chi connectivity index (χ0n) is 16.1. The number of nitrogens with one attached hydrogen (secondary N) is 1. The van der Waals surface area contributed by atoms with E-state index in [1.807, 2.05) is 42.5 Å². The van der Waals surface area contributed by atoms with Crippen molar-refractivity contribution in [1.29, 1.82) is 0 Å². The fraction of sp³-hybridized carbons (Fsp3) is 0.182. The summed E-state index contributed by atoms with van der Waals surface area (Å²) in [5.41, 5.74) is 1.57. The fourth-order valence-electron chi connectivity index (χ4n) is 3.44. The van der Waals surface area contributed by atoms with Crippen molar-refractivity contribution in [2.45, 2.75) is 13.0 Å². The molecule has 1 aromatic heterocycles. The lowest BCUT2D eigenvalue weighted by Crippen LogP contribution is -2.16. The van der Waals surface area contributed by atoms with E-state index in [4.69, 9.17) is 23.7 Å². The molecule has 0 bridgehead atoms. The Bertz CT molecular complexity index is 1100. The highest BCUT2D eigenvalue weighted by molar-refractivity contribution is 5.71. The molecule has 0 aliphatic carbocycles. The van der Waals surface area contributed by atoms with E-state index in [1.165, 1.54) is 6.92 Å². The SMILES string of the molecule is CC(=O)Oc1cc2c(cc1C(Nc1ccccn1)c1ccc3c(c1)OCO3)OCO2. The second-order valence-electron chi connectivity index (χ2n) is 6.74. The minimum absolute atomic E-state index is 0.112. The minimum atomic E-state index is -0.433. The van der Waals surface area contributed by atoms with Crippen LogP contribution >= 0.6 is 0 Å². The van der Waals surface area contributed by atoms with E-state index in [9.17, 15) is 4.79 Å². The van der Waals surface area contributed by atoms with Gasteiger partial charge >= 0.3 is 5.97 Å². The third-order valence-corrected chi connectivity index (χ3v) is 4.76. The first-order chi connectivity index (χ1) is 14.7. The van der Waals surface area contributed by atoms with Gasteiger partial charge in [-0.1, -0.05) is 12.1 Å². The molecule has 3 aromatic rings. The van der Waals surface area contributed by atoms with Crippen LogP contribution < -0.4 is 29.0 Å². The van der Waals surface area contributed by atoms with Gasteiger partial charge in [-0.3, -0.25) is 4.79 Å². The monoisotopic (exact) mass is 406 g/mol. The van der Waals surface area contributed by atoms with Crippen LogP contribution in [-0.4, -0.2) is 24.5 Å². The van der Waals surface area contributed by atoms with Crippen molar-refractivity contribution in [3.8, 4) is 28.7 Å². The Hall–Kier alpha value is -3.94. The van der Waals surface area contributed by atoms with E-state index >= 15 is 0 Å². The van der Waals surface area contributed by atoms with Crippen molar-refractivity contribution < 1.29 is 28.5 Å². The molecular weight excluding hydrogens is 388 g/mol. The van der Waals surface area contributed by atoms with Gasteiger partial charge in [0.25, 0.3) is 0 Å².